The molecule has 0 spiro atoms. The Bertz CT molecular complexity index is 758. The molecule has 2 aromatic rings. The van der Waals surface area contributed by atoms with Gasteiger partial charge in [0, 0.05) is 6.42 Å². The molecule has 1 saturated heterocycles. The Balaban J connectivity index is 1.85. The number of carbonyl (C=O) groups excluding carboxylic acids is 2. The molecule has 8 heteroatoms. The molecule has 0 radical (unpaired) electrons. The molecule has 1 aromatic carbocycles. The van der Waals surface area contributed by atoms with Crippen LogP contribution in [0.5, 0.6) is 0 Å². The lowest BCUT2D eigenvalue weighted by atomic mass is 9.92. The van der Waals surface area contributed by atoms with Gasteiger partial charge in [-0.25, -0.2) is 9.18 Å². The van der Waals surface area contributed by atoms with E-state index in [0.29, 0.717) is 17.8 Å². The van der Waals surface area contributed by atoms with Gasteiger partial charge in [-0.15, -0.1) is 0 Å². The Morgan fingerprint density at radius 2 is 2.00 bits per heavy atom. The number of benzene rings is 1. The molecule has 3 amide bonds. The molecule has 2 heterocycles. The van der Waals surface area contributed by atoms with Crippen LogP contribution in [0.15, 0.2) is 28.8 Å². The molecule has 0 saturated carbocycles. The maximum absolute atomic E-state index is 13.1. The number of aromatic nitrogens is 2. The van der Waals surface area contributed by atoms with Gasteiger partial charge < -0.3 is 9.84 Å². The van der Waals surface area contributed by atoms with Crippen molar-refractivity contribution in [2.24, 2.45) is 0 Å². The number of carbonyl (C=O) groups is 2. The van der Waals surface area contributed by atoms with Crippen LogP contribution in [0.1, 0.15) is 31.1 Å². The minimum atomic E-state index is -1.25. The number of amides is 3. The Morgan fingerprint density at radius 1 is 1.30 bits per heavy atom. The highest BCUT2D eigenvalue weighted by Crippen LogP contribution is 2.29. The average Bonchev–Trinajstić information content (AvgIpc) is 3.07. The number of aryl methyl sites for hydroxylation is 1. The van der Waals surface area contributed by atoms with Crippen molar-refractivity contribution in [1.82, 2.24) is 20.4 Å². The van der Waals surface area contributed by atoms with Crippen LogP contribution in [0.4, 0.5) is 9.18 Å². The smallest absolute Gasteiger partial charge is 0.325 e. The van der Waals surface area contributed by atoms with Gasteiger partial charge in [0.05, 0.1) is 0 Å². The molecule has 0 aliphatic carbocycles. The van der Waals surface area contributed by atoms with E-state index >= 15 is 0 Å². The molecule has 1 aliphatic heterocycles. The number of halogens is 1. The molecule has 1 atom stereocenters. The summed E-state index contributed by atoms with van der Waals surface area (Å²) < 4.78 is 18.1. The van der Waals surface area contributed by atoms with Crippen LogP contribution in [0.3, 0.4) is 0 Å². The molecule has 1 N–H and O–H groups in total. The summed E-state index contributed by atoms with van der Waals surface area (Å²) in [7, 11) is 0. The third kappa shape index (κ3) is 2.56. The van der Waals surface area contributed by atoms with Gasteiger partial charge in [0.25, 0.3) is 5.91 Å². The normalized spacial score (nSPS) is 20.9. The van der Waals surface area contributed by atoms with Gasteiger partial charge in [-0.05, 0) is 24.6 Å². The lowest BCUT2D eigenvalue weighted by Crippen LogP contribution is -2.40. The number of rotatable bonds is 4. The molecule has 1 aliphatic rings. The number of hydrogen-bond donors (Lipinski definition) is 1. The second-order valence-corrected chi connectivity index (χ2v) is 5.41. The lowest BCUT2D eigenvalue weighted by Gasteiger charge is -2.21. The van der Waals surface area contributed by atoms with E-state index in [1.54, 1.807) is 6.92 Å². The van der Waals surface area contributed by atoms with Crippen molar-refractivity contribution in [2.45, 2.75) is 32.4 Å². The Hall–Kier alpha value is -2.77. The lowest BCUT2D eigenvalue weighted by molar-refractivity contribution is -0.131. The molecule has 0 unspecified atom stereocenters. The predicted molar refractivity (Wildman–Crippen MR) is 76.5 cm³/mol. The first-order valence-electron chi connectivity index (χ1n) is 7.15. The standard InChI is InChI=1S/C15H15FN4O3/c1-3-11-17-12(23-19-11)8-20-13(21)15(2,18-14(20)22)9-4-6-10(16)7-5-9/h4-7H,3,8H2,1-2H3,(H,18,22)/t15-/m1/s1. The summed E-state index contributed by atoms with van der Waals surface area (Å²) in [6.07, 6.45) is 0.594. The van der Waals surface area contributed by atoms with Crippen molar-refractivity contribution >= 4 is 11.9 Å². The van der Waals surface area contributed by atoms with Crippen molar-refractivity contribution in [3.05, 3.63) is 47.4 Å². The molecular formula is C15H15FN4O3. The van der Waals surface area contributed by atoms with Crippen LogP contribution in [-0.4, -0.2) is 27.0 Å². The zero-order chi connectivity index (χ0) is 16.6. The van der Waals surface area contributed by atoms with Crippen molar-refractivity contribution in [3.8, 4) is 0 Å². The van der Waals surface area contributed by atoms with Crippen LogP contribution < -0.4 is 5.32 Å². The summed E-state index contributed by atoms with van der Waals surface area (Å²) in [6, 6.07) is 4.87. The van der Waals surface area contributed by atoms with E-state index in [-0.39, 0.29) is 12.4 Å². The third-order valence-electron chi connectivity index (χ3n) is 3.82. The molecule has 1 aromatic heterocycles. The molecule has 23 heavy (non-hydrogen) atoms. The first kappa shape index (κ1) is 15.1. The fourth-order valence-corrected chi connectivity index (χ4v) is 2.45. The average molecular weight is 318 g/mol. The van der Waals surface area contributed by atoms with Crippen molar-refractivity contribution in [3.63, 3.8) is 0 Å². The maximum Gasteiger partial charge on any atom is 0.325 e. The fraction of sp³-hybridized carbons (Fsp3) is 0.333. The van der Waals surface area contributed by atoms with Crippen LogP contribution in [0.2, 0.25) is 0 Å². The monoisotopic (exact) mass is 318 g/mol. The summed E-state index contributed by atoms with van der Waals surface area (Å²) in [5.74, 6) is -0.170. The molecule has 7 nitrogen and oxygen atoms in total. The largest absolute Gasteiger partial charge is 0.337 e. The number of imide groups is 1. The highest BCUT2D eigenvalue weighted by atomic mass is 19.1. The van der Waals surface area contributed by atoms with E-state index in [1.165, 1.54) is 24.3 Å². The Morgan fingerprint density at radius 3 is 2.61 bits per heavy atom. The second kappa shape index (κ2) is 5.45. The molecule has 120 valence electrons. The fourth-order valence-electron chi connectivity index (χ4n) is 2.45. The number of nitrogens with zero attached hydrogens (tertiary/aromatic N) is 3. The SMILES string of the molecule is CCc1noc(CN2C(=O)N[C@](C)(c3ccc(F)cc3)C2=O)n1. The number of hydrogen-bond acceptors (Lipinski definition) is 5. The minimum absolute atomic E-state index is 0.103. The van der Waals surface area contributed by atoms with Crippen LogP contribution in [-0.2, 0) is 23.3 Å². The van der Waals surface area contributed by atoms with Crippen LogP contribution in [0.25, 0.3) is 0 Å². The van der Waals surface area contributed by atoms with E-state index in [2.05, 4.69) is 15.5 Å². The van der Waals surface area contributed by atoms with Gasteiger partial charge >= 0.3 is 6.03 Å². The number of urea groups is 1. The topological polar surface area (TPSA) is 88.3 Å². The van der Waals surface area contributed by atoms with Crippen LogP contribution in [0, 0.1) is 5.82 Å². The van der Waals surface area contributed by atoms with Crippen molar-refractivity contribution < 1.29 is 18.5 Å². The van der Waals surface area contributed by atoms with E-state index in [4.69, 9.17) is 4.52 Å². The summed E-state index contributed by atoms with van der Waals surface area (Å²) in [5, 5.41) is 6.37. The molecular weight excluding hydrogens is 303 g/mol. The summed E-state index contributed by atoms with van der Waals surface area (Å²) in [6.45, 7) is 3.34. The Labute approximate surface area is 131 Å². The van der Waals surface area contributed by atoms with Crippen LogP contribution >= 0.6 is 0 Å². The highest BCUT2D eigenvalue weighted by Gasteiger charge is 2.49. The maximum atomic E-state index is 13.1. The third-order valence-corrected chi connectivity index (χ3v) is 3.82. The summed E-state index contributed by atoms with van der Waals surface area (Å²) in [5.41, 5.74) is -0.752. The van der Waals surface area contributed by atoms with Gasteiger partial charge in [-0.1, -0.05) is 24.2 Å². The molecule has 3 rings (SSSR count). The highest BCUT2D eigenvalue weighted by molar-refractivity contribution is 6.07. The molecule has 1 fully saturated rings. The van der Waals surface area contributed by atoms with Crippen molar-refractivity contribution in [2.75, 3.05) is 0 Å². The summed E-state index contributed by atoms with van der Waals surface area (Å²) in [4.78, 5) is 29.9. The van der Waals surface area contributed by atoms with Crippen molar-refractivity contribution in [1.29, 1.82) is 0 Å². The van der Waals surface area contributed by atoms with E-state index in [9.17, 15) is 14.0 Å². The number of nitrogens with one attached hydrogen (secondary N) is 1. The van der Waals surface area contributed by atoms with Gasteiger partial charge in [0.15, 0.2) is 5.82 Å². The van der Waals surface area contributed by atoms with E-state index < -0.39 is 23.3 Å². The van der Waals surface area contributed by atoms with E-state index in [1.807, 2.05) is 6.92 Å². The first-order chi connectivity index (χ1) is 10.9. The Kier molecular flexibility index (Phi) is 3.59. The summed E-state index contributed by atoms with van der Waals surface area (Å²) >= 11 is 0. The zero-order valence-corrected chi connectivity index (χ0v) is 12.7. The second-order valence-electron chi connectivity index (χ2n) is 5.41. The van der Waals surface area contributed by atoms with Gasteiger partial charge in [-0.3, -0.25) is 9.69 Å². The van der Waals surface area contributed by atoms with Gasteiger partial charge in [0.1, 0.15) is 17.9 Å². The zero-order valence-electron chi connectivity index (χ0n) is 12.7. The van der Waals surface area contributed by atoms with E-state index in [0.717, 1.165) is 4.90 Å². The quantitative estimate of drug-likeness (QED) is 0.868. The van der Waals surface area contributed by atoms with Gasteiger partial charge in [-0.2, -0.15) is 4.98 Å². The minimum Gasteiger partial charge on any atom is -0.337 e. The van der Waals surface area contributed by atoms with Gasteiger partial charge in [0.2, 0.25) is 5.89 Å². The predicted octanol–water partition coefficient (Wildman–Crippen LogP) is 1.74. The first-order valence-corrected chi connectivity index (χ1v) is 7.15. The molecule has 0 bridgehead atoms.